The summed E-state index contributed by atoms with van der Waals surface area (Å²) in [5, 5.41) is 0. The van der Waals surface area contributed by atoms with Crippen LogP contribution in [0.15, 0.2) is 24.3 Å². The molecular weight excluding hydrogens is 204 g/mol. The van der Waals surface area contributed by atoms with Crippen LogP contribution in [0.4, 0.5) is 0 Å². The van der Waals surface area contributed by atoms with Crippen molar-refractivity contribution in [2.24, 2.45) is 0 Å². The Bertz CT molecular complexity index is 341. The van der Waals surface area contributed by atoms with Gasteiger partial charge in [-0.15, -0.1) is 0 Å². The minimum atomic E-state index is 0.299. The standard InChI is InChI=1S/C17H28/c1-7-13-17(5,6)15-11-9-14(10-12-15)16(3,4)8-2/h9-12H,7-8,13H2,1-6H3. The molecule has 1 aromatic rings. The molecule has 1 aromatic carbocycles. The average molecular weight is 232 g/mol. The van der Waals surface area contributed by atoms with Crippen LogP contribution in [-0.4, -0.2) is 0 Å². The van der Waals surface area contributed by atoms with Crippen LogP contribution in [-0.2, 0) is 10.8 Å². The van der Waals surface area contributed by atoms with Crippen LogP contribution in [0.1, 0.15) is 71.9 Å². The van der Waals surface area contributed by atoms with E-state index in [-0.39, 0.29) is 0 Å². The predicted octanol–water partition coefficient (Wildman–Crippen LogP) is 5.45. The topological polar surface area (TPSA) is 0 Å². The van der Waals surface area contributed by atoms with Crippen LogP contribution in [0.2, 0.25) is 0 Å². The molecule has 0 N–H and O–H groups in total. The van der Waals surface area contributed by atoms with E-state index in [0.717, 1.165) is 0 Å². The van der Waals surface area contributed by atoms with Gasteiger partial charge in [-0.3, -0.25) is 0 Å². The van der Waals surface area contributed by atoms with Gasteiger partial charge in [-0.25, -0.2) is 0 Å². The lowest BCUT2D eigenvalue weighted by Crippen LogP contribution is -2.18. The highest BCUT2D eigenvalue weighted by atomic mass is 14.3. The molecule has 0 atom stereocenters. The third kappa shape index (κ3) is 3.34. The maximum Gasteiger partial charge on any atom is -0.0104 e. The summed E-state index contributed by atoms with van der Waals surface area (Å²) in [5.74, 6) is 0. The zero-order valence-corrected chi connectivity index (χ0v) is 12.4. The van der Waals surface area contributed by atoms with Crippen LogP contribution in [0.25, 0.3) is 0 Å². The number of hydrogen-bond acceptors (Lipinski definition) is 0. The molecule has 1 rings (SSSR count). The monoisotopic (exact) mass is 232 g/mol. The van der Waals surface area contributed by atoms with Crippen molar-refractivity contribution >= 4 is 0 Å². The van der Waals surface area contributed by atoms with Crippen LogP contribution in [0, 0.1) is 0 Å². The van der Waals surface area contributed by atoms with Crippen LogP contribution < -0.4 is 0 Å². The summed E-state index contributed by atoms with van der Waals surface area (Å²) in [4.78, 5) is 0. The minimum Gasteiger partial charge on any atom is -0.0654 e. The second-order valence-corrected chi connectivity index (χ2v) is 6.45. The molecule has 0 spiro atoms. The highest BCUT2D eigenvalue weighted by Crippen LogP contribution is 2.31. The van der Waals surface area contributed by atoms with E-state index in [1.165, 1.54) is 30.4 Å². The van der Waals surface area contributed by atoms with Crippen molar-refractivity contribution in [2.45, 2.75) is 71.6 Å². The van der Waals surface area contributed by atoms with Gasteiger partial charge in [0.2, 0.25) is 0 Å². The van der Waals surface area contributed by atoms with E-state index in [0.29, 0.717) is 10.8 Å². The Morgan fingerprint density at radius 1 is 0.765 bits per heavy atom. The predicted molar refractivity (Wildman–Crippen MR) is 77.7 cm³/mol. The van der Waals surface area contributed by atoms with Gasteiger partial charge in [0.25, 0.3) is 0 Å². The molecule has 0 unspecified atom stereocenters. The maximum absolute atomic E-state index is 2.34. The van der Waals surface area contributed by atoms with Crippen LogP contribution >= 0.6 is 0 Å². The Balaban J connectivity index is 2.96. The zero-order valence-electron chi connectivity index (χ0n) is 12.4. The highest BCUT2D eigenvalue weighted by Gasteiger charge is 2.21. The van der Waals surface area contributed by atoms with Crippen LogP contribution in [0.3, 0.4) is 0 Å². The van der Waals surface area contributed by atoms with E-state index < -0.39 is 0 Å². The largest absolute Gasteiger partial charge is 0.0654 e. The molecule has 0 saturated heterocycles. The molecule has 0 bridgehead atoms. The Kier molecular flexibility index (Phi) is 4.41. The van der Waals surface area contributed by atoms with Gasteiger partial charge in [-0.1, -0.05) is 72.2 Å². The molecule has 0 aliphatic carbocycles. The van der Waals surface area contributed by atoms with E-state index in [1.54, 1.807) is 0 Å². The van der Waals surface area contributed by atoms with Crippen molar-refractivity contribution in [1.82, 2.24) is 0 Å². The van der Waals surface area contributed by atoms with Gasteiger partial charge in [0.05, 0.1) is 0 Å². The van der Waals surface area contributed by atoms with Gasteiger partial charge in [-0.05, 0) is 34.8 Å². The number of rotatable bonds is 5. The van der Waals surface area contributed by atoms with Gasteiger partial charge < -0.3 is 0 Å². The molecule has 0 heteroatoms. The maximum atomic E-state index is 2.34. The smallest absolute Gasteiger partial charge is 0.0104 e. The van der Waals surface area contributed by atoms with Crippen LogP contribution in [0.5, 0.6) is 0 Å². The molecule has 0 amide bonds. The summed E-state index contributed by atoms with van der Waals surface area (Å²) in [7, 11) is 0. The van der Waals surface area contributed by atoms with Crippen molar-refractivity contribution in [3.8, 4) is 0 Å². The normalized spacial score (nSPS) is 12.8. The highest BCUT2D eigenvalue weighted by molar-refractivity contribution is 5.31. The van der Waals surface area contributed by atoms with Gasteiger partial charge in [-0.2, -0.15) is 0 Å². The third-order valence-corrected chi connectivity index (χ3v) is 4.21. The van der Waals surface area contributed by atoms with E-state index in [2.05, 4.69) is 65.8 Å². The summed E-state index contributed by atoms with van der Waals surface area (Å²) in [5.41, 5.74) is 3.53. The molecule has 0 nitrogen and oxygen atoms in total. The fourth-order valence-corrected chi connectivity index (χ4v) is 2.35. The molecule has 17 heavy (non-hydrogen) atoms. The lowest BCUT2D eigenvalue weighted by molar-refractivity contribution is 0.470. The molecule has 0 aliphatic rings. The van der Waals surface area contributed by atoms with Gasteiger partial charge in [0, 0.05) is 0 Å². The lowest BCUT2D eigenvalue weighted by Gasteiger charge is -2.27. The zero-order chi connectivity index (χ0) is 13.1. The van der Waals surface area contributed by atoms with E-state index in [1.807, 2.05) is 0 Å². The van der Waals surface area contributed by atoms with Gasteiger partial charge in [0.15, 0.2) is 0 Å². The van der Waals surface area contributed by atoms with Crippen molar-refractivity contribution in [3.63, 3.8) is 0 Å². The van der Waals surface area contributed by atoms with Crippen molar-refractivity contribution in [2.75, 3.05) is 0 Å². The first-order valence-corrected chi connectivity index (χ1v) is 6.94. The molecule has 0 aromatic heterocycles. The first-order valence-electron chi connectivity index (χ1n) is 6.94. The molecular formula is C17H28. The quantitative estimate of drug-likeness (QED) is 0.633. The fraction of sp³-hybridized carbons (Fsp3) is 0.647. The summed E-state index contributed by atoms with van der Waals surface area (Å²) in [6.07, 6.45) is 3.68. The Labute approximate surface area is 107 Å². The first kappa shape index (κ1) is 14.3. The Morgan fingerprint density at radius 2 is 1.18 bits per heavy atom. The summed E-state index contributed by atoms with van der Waals surface area (Å²) in [6, 6.07) is 9.28. The van der Waals surface area contributed by atoms with E-state index in [4.69, 9.17) is 0 Å². The van der Waals surface area contributed by atoms with E-state index in [9.17, 15) is 0 Å². The molecule has 0 fully saturated rings. The van der Waals surface area contributed by atoms with Crippen molar-refractivity contribution in [3.05, 3.63) is 35.4 Å². The molecule has 0 heterocycles. The lowest BCUT2D eigenvalue weighted by atomic mass is 9.77. The second kappa shape index (κ2) is 5.25. The Hall–Kier alpha value is -0.780. The van der Waals surface area contributed by atoms with Gasteiger partial charge >= 0.3 is 0 Å². The minimum absolute atomic E-state index is 0.299. The molecule has 0 radical (unpaired) electrons. The van der Waals surface area contributed by atoms with Crippen molar-refractivity contribution < 1.29 is 0 Å². The third-order valence-electron chi connectivity index (χ3n) is 4.21. The number of benzene rings is 1. The molecule has 0 saturated carbocycles. The summed E-state index contributed by atoms with van der Waals surface area (Å²) < 4.78 is 0. The Morgan fingerprint density at radius 3 is 1.53 bits per heavy atom. The van der Waals surface area contributed by atoms with E-state index >= 15 is 0 Å². The van der Waals surface area contributed by atoms with Crippen molar-refractivity contribution in [1.29, 1.82) is 0 Å². The summed E-state index contributed by atoms with van der Waals surface area (Å²) in [6.45, 7) is 13.8. The summed E-state index contributed by atoms with van der Waals surface area (Å²) >= 11 is 0. The first-order chi connectivity index (χ1) is 7.83. The second-order valence-electron chi connectivity index (χ2n) is 6.45. The average Bonchev–Trinajstić information content (AvgIpc) is 2.29. The fourth-order valence-electron chi connectivity index (χ4n) is 2.35. The number of hydrogen-bond donors (Lipinski definition) is 0. The molecule has 96 valence electrons. The van der Waals surface area contributed by atoms with Gasteiger partial charge in [0.1, 0.15) is 0 Å². The molecule has 0 aliphatic heterocycles. The SMILES string of the molecule is CCCC(C)(C)c1ccc(C(C)(C)CC)cc1.